The van der Waals surface area contributed by atoms with Gasteiger partial charge in [-0.15, -0.1) is 0 Å². The van der Waals surface area contributed by atoms with Crippen LogP contribution < -0.4 is 0 Å². The second-order valence-electron chi connectivity index (χ2n) is 3.65. The quantitative estimate of drug-likeness (QED) is 0.313. The number of rotatable bonds is 3. The lowest BCUT2D eigenvalue weighted by atomic mass is 9.82. The summed E-state index contributed by atoms with van der Waals surface area (Å²) in [5.41, 5.74) is 8.16. The molecule has 0 bridgehead atoms. The molecule has 1 fully saturated rings. The van der Waals surface area contributed by atoms with Crippen molar-refractivity contribution in [3.05, 3.63) is 10.4 Å². The molecule has 0 heterocycles. The van der Waals surface area contributed by atoms with Crippen LogP contribution in [0.5, 0.6) is 0 Å². The zero-order chi connectivity index (χ0) is 10.4. The minimum Gasteiger partial charge on any atom is -0.469 e. The highest BCUT2D eigenvalue weighted by Gasteiger charge is 2.26. The zero-order valence-corrected chi connectivity index (χ0v) is 8.35. The topological polar surface area (TPSA) is 75.1 Å². The SMILES string of the molecule is C.COC(=O)C1CCC(CN=[N+]=[N-])CC1. The van der Waals surface area contributed by atoms with Crippen LogP contribution in [0.3, 0.4) is 0 Å². The fraction of sp³-hybridized carbons (Fsp3) is 0.900. The highest BCUT2D eigenvalue weighted by molar-refractivity contribution is 5.72. The first-order chi connectivity index (χ1) is 6.77. The zero-order valence-electron chi connectivity index (χ0n) is 8.35. The number of carbonyl (C=O) groups excluding carboxylic acids is 1. The van der Waals surface area contributed by atoms with Crippen molar-refractivity contribution in [3.63, 3.8) is 0 Å². The van der Waals surface area contributed by atoms with Gasteiger partial charge in [-0.2, -0.15) is 0 Å². The van der Waals surface area contributed by atoms with E-state index >= 15 is 0 Å². The molecule has 0 amide bonds. The number of hydrogen-bond acceptors (Lipinski definition) is 3. The van der Waals surface area contributed by atoms with Crippen molar-refractivity contribution in [2.75, 3.05) is 13.7 Å². The van der Waals surface area contributed by atoms with Crippen molar-refractivity contribution in [3.8, 4) is 0 Å². The first-order valence-corrected chi connectivity index (χ1v) is 4.86. The Morgan fingerprint density at radius 2 is 2.07 bits per heavy atom. The molecule has 1 aliphatic carbocycles. The Labute approximate surface area is 90.4 Å². The summed E-state index contributed by atoms with van der Waals surface area (Å²) < 4.78 is 4.69. The smallest absolute Gasteiger partial charge is 0.308 e. The summed E-state index contributed by atoms with van der Waals surface area (Å²) in [5.74, 6) is 0.404. The lowest BCUT2D eigenvalue weighted by Crippen LogP contribution is -2.23. The lowest BCUT2D eigenvalue weighted by Gasteiger charge is -2.25. The third-order valence-electron chi connectivity index (χ3n) is 2.78. The van der Waals surface area contributed by atoms with Crippen LogP contribution in [0.15, 0.2) is 5.11 Å². The number of azide groups is 1. The summed E-state index contributed by atoms with van der Waals surface area (Å²) in [7, 11) is 1.42. The monoisotopic (exact) mass is 213 g/mol. The number of methoxy groups -OCH3 is 1. The largest absolute Gasteiger partial charge is 0.469 e. The molecule has 0 unspecified atom stereocenters. The van der Waals surface area contributed by atoms with E-state index in [1.54, 1.807) is 0 Å². The van der Waals surface area contributed by atoms with E-state index in [1.807, 2.05) is 0 Å². The molecule has 0 radical (unpaired) electrons. The molecule has 1 saturated carbocycles. The molecule has 0 aliphatic heterocycles. The molecule has 0 aromatic rings. The number of hydrogen-bond donors (Lipinski definition) is 0. The van der Waals surface area contributed by atoms with Gasteiger partial charge < -0.3 is 4.74 Å². The molecule has 0 spiro atoms. The molecule has 1 aliphatic rings. The van der Waals surface area contributed by atoms with E-state index < -0.39 is 0 Å². The second kappa shape index (κ2) is 7.12. The summed E-state index contributed by atoms with van der Waals surface area (Å²) in [6.07, 6.45) is 3.63. The Balaban J connectivity index is 0.00000196. The van der Waals surface area contributed by atoms with E-state index in [2.05, 4.69) is 14.8 Å². The third-order valence-corrected chi connectivity index (χ3v) is 2.78. The molecule has 0 aromatic heterocycles. The standard InChI is InChI=1S/C9H15N3O2.CH4/c1-14-9(13)8-4-2-7(3-5-8)6-11-12-10;/h7-8H,2-6H2,1H3;1H4. The maximum atomic E-state index is 11.2. The van der Waals surface area contributed by atoms with E-state index in [1.165, 1.54) is 7.11 Å². The van der Waals surface area contributed by atoms with Crippen molar-refractivity contribution < 1.29 is 9.53 Å². The van der Waals surface area contributed by atoms with E-state index in [4.69, 9.17) is 5.53 Å². The molecule has 0 N–H and O–H groups in total. The van der Waals surface area contributed by atoms with Gasteiger partial charge in [-0.05, 0) is 37.1 Å². The minimum atomic E-state index is -0.104. The number of ether oxygens (including phenoxy) is 1. The van der Waals surface area contributed by atoms with Gasteiger partial charge in [0.25, 0.3) is 0 Å². The molecule has 0 aromatic carbocycles. The molecule has 0 saturated heterocycles. The van der Waals surface area contributed by atoms with Crippen LogP contribution in [0.25, 0.3) is 10.4 Å². The molecule has 5 nitrogen and oxygen atoms in total. The number of carbonyl (C=O) groups is 1. The molecule has 1 rings (SSSR count). The van der Waals surface area contributed by atoms with Crippen LogP contribution >= 0.6 is 0 Å². The van der Waals surface area contributed by atoms with Gasteiger partial charge in [0, 0.05) is 11.5 Å². The summed E-state index contributed by atoms with van der Waals surface area (Å²) in [5, 5.41) is 3.55. The van der Waals surface area contributed by atoms with Gasteiger partial charge in [0.2, 0.25) is 0 Å². The molecular formula is C10H19N3O2. The van der Waals surface area contributed by atoms with Crippen molar-refractivity contribution in [1.29, 1.82) is 0 Å². The fourth-order valence-electron chi connectivity index (χ4n) is 1.90. The van der Waals surface area contributed by atoms with Crippen molar-refractivity contribution in [2.45, 2.75) is 33.1 Å². The predicted octanol–water partition coefficient (Wildman–Crippen LogP) is 2.91. The maximum absolute atomic E-state index is 11.2. The Morgan fingerprint density at radius 1 is 1.47 bits per heavy atom. The van der Waals surface area contributed by atoms with E-state index in [9.17, 15) is 4.79 Å². The maximum Gasteiger partial charge on any atom is 0.308 e. The first-order valence-electron chi connectivity index (χ1n) is 4.86. The van der Waals surface area contributed by atoms with Gasteiger partial charge in [-0.3, -0.25) is 4.79 Å². The summed E-state index contributed by atoms with van der Waals surface area (Å²) in [6, 6.07) is 0. The molecule has 5 heteroatoms. The molecule has 15 heavy (non-hydrogen) atoms. The Morgan fingerprint density at radius 3 is 2.53 bits per heavy atom. The van der Waals surface area contributed by atoms with Crippen LogP contribution in [0.1, 0.15) is 33.1 Å². The number of esters is 1. The van der Waals surface area contributed by atoms with Gasteiger partial charge >= 0.3 is 5.97 Å². The normalized spacial score (nSPS) is 24.6. The van der Waals surface area contributed by atoms with Crippen LogP contribution in [0, 0.1) is 11.8 Å². The third kappa shape index (κ3) is 4.21. The average Bonchev–Trinajstić information content (AvgIpc) is 2.26. The van der Waals surface area contributed by atoms with E-state index in [-0.39, 0.29) is 19.3 Å². The van der Waals surface area contributed by atoms with Crippen LogP contribution in [-0.4, -0.2) is 19.6 Å². The fourth-order valence-corrected chi connectivity index (χ4v) is 1.90. The lowest BCUT2D eigenvalue weighted by molar-refractivity contribution is -0.146. The van der Waals surface area contributed by atoms with E-state index in [0.29, 0.717) is 12.5 Å². The second-order valence-corrected chi connectivity index (χ2v) is 3.65. The molecule has 86 valence electrons. The van der Waals surface area contributed by atoms with Crippen molar-refractivity contribution in [2.24, 2.45) is 17.0 Å². The minimum absolute atomic E-state index is 0. The Kier molecular flexibility index (Phi) is 6.54. The average molecular weight is 213 g/mol. The molecular weight excluding hydrogens is 194 g/mol. The highest BCUT2D eigenvalue weighted by Crippen LogP contribution is 2.29. The summed E-state index contributed by atoms with van der Waals surface area (Å²) in [6.45, 7) is 0.560. The van der Waals surface area contributed by atoms with Gasteiger partial charge in [-0.1, -0.05) is 12.5 Å². The Bertz CT molecular complexity index is 241. The van der Waals surface area contributed by atoms with Gasteiger partial charge in [0.15, 0.2) is 0 Å². The molecule has 0 atom stereocenters. The van der Waals surface area contributed by atoms with Crippen molar-refractivity contribution in [1.82, 2.24) is 0 Å². The Hall–Kier alpha value is -1.22. The number of nitrogens with zero attached hydrogens (tertiary/aromatic N) is 3. The van der Waals surface area contributed by atoms with E-state index in [0.717, 1.165) is 25.7 Å². The predicted molar refractivity (Wildman–Crippen MR) is 58.2 cm³/mol. The van der Waals surface area contributed by atoms with Crippen LogP contribution in [0.4, 0.5) is 0 Å². The highest BCUT2D eigenvalue weighted by atomic mass is 16.5. The van der Waals surface area contributed by atoms with Crippen LogP contribution in [-0.2, 0) is 9.53 Å². The van der Waals surface area contributed by atoms with Gasteiger partial charge in [0.1, 0.15) is 0 Å². The summed E-state index contributed by atoms with van der Waals surface area (Å²) in [4.78, 5) is 13.9. The van der Waals surface area contributed by atoms with Crippen molar-refractivity contribution >= 4 is 5.97 Å². The van der Waals surface area contributed by atoms with Gasteiger partial charge in [0.05, 0.1) is 13.0 Å². The van der Waals surface area contributed by atoms with Crippen LogP contribution in [0.2, 0.25) is 0 Å². The summed E-state index contributed by atoms with van der Waals surface area (Å²) >= 11 is 0. The first kappa shape index (κ1) is 13.8. The van der Waals surface area contributed by atoms with Gasteiger partial charge in [-0.25, -0.2) is 0 Å².